The van der Waals surface area contributed by atoms with Gasteiger partial charge in [-0.05, 0) is 98.8 Å². The Morgan fingerprint density at radius 2 is 1.14 bits per heavy atom. The fourth-order valence-electron chi connectivity index (χ4n) is 8.15. The molecule has 396 valence electrons. The number of halogens is 1. The molecular formula is C50H70ClN8NaO9S4. The van der Waals surface area contributed by atoms with Crippen LogP contribution in [0.5, 0.6) is 0 Å². The summed E-state index contributed by atoms with van der Waals surface area (Å²) in [5, 5.41) is 33.7. The van der Waals surface area contributed by atoms with Crippen LogP contribution in [0.2, 0.25) is 0 Å². The number of benzene rings is 2. The van der Waals surface area contributed by atoms with Crippen molar-refractivity contribution in [2.75, 3.05) is 75.5 Å². The summed E-state index contributed by atoms with van der Waals surface area (Å²) in [7, 11) is -3.22. The van der Waals surface area contributed by atoms with Crippen LogP contribution in [0, 0.1) is 0 Å². The van der Waals surface area contributed by atoms with Crippen LogP contribution >= 0.6 is 34.3 Å². The molecule has 6 aromatic rings. The van der Waals surface area contributed by atoms with Crippen LogP contribution in [0.15, 0.2) is 117 Å². The first-order valence-corrected chi connectivity index (χ1v) is 28.9. The molecule has 3 fully saturated rings. The molecule has 0 radical (unpaired) electrons. The van der Waals surface area contributed by atoms with Crippen molar-refractivity contribution in [3.8, 4) is 0 Å². The first-order valence-electron chi connectivity index (χ1n) is 23.7. The largest absolute Gasteiger partial charge is 1.00 e. The van der Waals surface area contributed by atoms with Crippen LogP contribution in [-0.2, 0) is 67.3 Å². The van der Waals surface area contributed by atoms with Gasteiger partial charge in [0.1, 0.15) is 8.42 Å². The van der Waals surface area contributed by atoms with Crippen molar-refractivity contribution in [1.82, 2.24) is 27.7 Å². The van der Waals surface area contributed by atoms with Gasteiger partial charge >= 0.3 is 29.6 Å². The molecule has 0 spiro atoms. The summed E-state index contributed by atoms with van der Waals surface area (Å²) in [6.07, 6.45) is 9.82. The molecule has 0 saturated carbocycles. The number of piperazine rings is 2. The maximum Gasteiger partial charge on any atom is 1.00 e. The summed E-state index contributed by atoms with van der Waals surface area (Å²) in [5.74, 6) is 0.501. The summed E-state index contributed by atoms with van der Waals surface area (Å²) in [5.41, 5.74) is 3.44. The zero-order chi connectivity index (χ0) is 52.1. The molecule has 0 bridgehead atoms. The van der Waals surface area contributed by atoms with Gasteiger partial charge in [0.15, 0.2) is 0 Å². The number of rotatable bonds is 14. The summed E-state index contributed by atoms with van der Waals surface area (Å²) in [6, 6.07) is 21.6. The van der Waals surface area contributed by atoms with Gasteiger partial charge in [-0.2, -0.15) is 8.61 Å². The second-order valence-electron chi connectivity index (χ2n) is 18.7. The molecule has 4 aromatic heterocycles. The quantitative estimate of drug-likeness (QED) is 0.106. The predicted octanol–water partition coefficient (Wildman–Crippen LogP) is 3.72. The van der Waals surface area contributed by atoms with E-state index in [-0.39, 0.29) is 56.2 Å². The van der Waals surface area contributed by atoms with Crippen LogP contribution in [0.25, 0.3) is 0 Å². The number of sulfonamides is 2. The van der Waals surface area contributed by atoms with Crippen LogP contribution in [-0.4, -0.2) is 138 Å². The van der Waals surface area contributed by atoms with Gasteiger partial charge in [-0.25, -0.2) is 26.8 Å². The molecule has 9 rings (SSSR count). The Morgan fingerprint density at radius 3 is 1.48 bits per heavy atom. The number of aryl methyl sites for hydroxylation is 2. The summed E-state index contributed by atoms with van der Waals surface area (Å²) in [6.45, 7) is 11.9. The van der Waals surface area contributed by atoms with Crippen molar-refractivity contribution in [1.29, 1.82) is 0 Å². The van der Waals surface area contributed by atoms with Crippen molar-refractivity contribution < 1.29 is 72.6 Å². The van der Waals surface area contributed by atoms with Crippen LogP contribution in [0.3, 0.4) is 0 Å². The van der Waals surface area contributed by atoms with Crippen molar-refractivity contribution in [3.05, 3.63) is 131 Å². The third kappa shape index (κ3) is 17.1. The Bertz CT molecular complexity index is 2760. The predicted molar refractivity (Wildman–Crippen MR) is 286 cm³/mol. The van der Waals surface area contributed by atoms with Gasteiger partial charge in [0, 0.05) is 90.3 Å². The van der Waals surface area contributed by atoms with E-state index >= 15 is 0 Å². The van der Waals surface area contributed by atoms with E-state index in [1.165, 1.54) is 39.8 Å². The second kappa shape index (κ2) is 27.7. The Balaban J connectivity index is 0.000000255. The van der Waals surface area contributed by atoms with Gasteiger partial charge in [0.25, 0.3) is 20.0 Å². The van der Waals surface area contributed by atoms with Gasteiger partial charge < -0.3 is 45.2 Å². The van der Waals surface area contributed by atoms with E-state index < -0.39 is 31.2 Å². The number of anilines is 2. The Labute approximate surface area is 467 Å². The molecular weight excluding hydrogens is 1040 g/mol. The molecule has 3 N–H and O–H groups in total. The number of aromatic nitrogens is 4. The van der Waals surface area contributed by atoms with E-state index in [2.05, 4.69) is 14.9 Å². The number of aliphatic hydroxyl groups is 3. The second-order valence-corrected chi connectivity index (χ2v) is 25.2. The van der Waals surface area contributed by atoms with E-state index in [0.29, 0.717) is 60.2 Å². The third-order valence-corrected chi connectivity index (χ3v) is 18.9. The van der Waals surface area contributed by atoms with Gasteiger partial charge in [0.2, 0.25) is 0 Å². The molecule has 73 heavy (non-hydrogen) atoms. The van der Waals surface area contributed by atoms with E-state index in [1.54, 1.807) is 79.7 Å². The summed E-state index contributed by atoms with van der Waals surface area (Å²) >= 11 is 7.90. The molecule has 2 atom stereocenters. The monoisotopic (exact) mass is 1110 g/mol. The van der Waals surface area contributed by atoms with Crippen LogP contribution in [0.4, 0.5) is 11.4 Å². The van der Waals surface area contributed by atoms with E-state index in [9.17, 15) is 32.2 Å². The first kappa shape index (κ1) is 60.6. The number of thiophene rings is 2. The van der Waals surface area contributed by atoms with E-state index in [4.69, 9.17) is 21.1 Å². The van der Waals surface area contributed by atoms with Crippen molar-refractivity contribution in [2.24, 2.45) is 14.1 Å². The fraction of sp³-hybridized carbons (Fsp3) is 0.480. The smallest absolute Gasteiger partial charge is 1.00 e. The Hall–Kier alpha value is -3.23. The van der Waals surface area contributed by atoms with Crippen LogP contribution < -0.4 is 39.4 Å². The number of alkyl halides is 1. The van der Waals surface area contributed by atoms with Gasteiger partial charge in [-0.3, -0.25) is 0 Å². The molecule has 0 amide bonds. The number of aliphatic hydroxyl groups excluding tert-OH is 1. The maximum atomic E-state index is 13.1. The number of imidazole rings is 2. The maximum absolute atomic E-state index is 13.1. The first-order chi connectivity index (χ1) is 34.2. The van der Waals surface area contributed by atoms with Gasteiger partial charge in [-0.15, -0.1) is 34.3 Å². The van der Waals surface area contributed by atoms with Crippen molar-refractivity contribution in [2.45, 2.75) is 84.7 Å². The minimum absolute atomic E-state index is 0. The van der Waals surface area contributed by atoms with E-state index in [1.807, 2.05) is 89.1 Å². The fourth-order valence-corrected chi connectivity index (χ4v) is 13.5. The number of ether oxygens (including phenoxy) is 2. The minimum atomic E-state index is -3.54. The van der Waals surface area contributed by atoms with E-state index in [0.717, 1.165) is 47.1 Å². The molecule has 3 aliphatic heterocycles. The zero-order valence-corrected chi connectivity index (χ0v) is 48.8. The Kier molecular flexibility index (Phi) is 23.0. The third-order valence-electron chi connectivity index (χ3n) is 12.1. The molecule has 17 nitrogen and oxygen atoms in total. The summed E-state index contributed by atoms with van der Waals surface area (Å²) in [4.78, 5) is 12.5. The average Bonchev–Trinajstić information content (AvgIpc) is 4.23. The zero-order valence-electron chi connectivity index (χ0n) is 43.8. The standard InChI is InChI=1S/C23H30N4O4S2.C18H24N2O4S2.C5H7ClN2.C4H8O.Na.H/c1-23(2,28)18-6-8-20(9-7-18)27-11-10-26(33(29,30)22-5-4-12-32-22)14-21(27)16-31-15-19-13-25(3)17-24-19;1-18(2,22)14-5-7-15(8-6-14)20-10-9-19(12-16(20)13-21)26(23,24)17-4-3-11-25-17;1-8-3-5(2-6)7-4-8;1-2-4-5-3-1;;/h4-9,12-13,17,21,28H,10-11,14-16H2,1-3H3;3-8,11,16,21-22H,9-10,12-13H2,1-2H3;3-4H,2H2,1H3;1-4H2;;/q;;;;+1;-1/t21-;16-;;;;/m11..../s1. The molecule has 0 aliphatic carbocycles. The summed E-state index contributed by atoms with van der Waals surface area (Å²) < 4.78 is 70.0. The van der Waals surface area contributed by atoms with Gasteiger partial charge in [-0.1, -0.05) is 36.4 Å². The SMILES string of the molecule is C1CCOC1.CC(C)(O)c1ccc(N2CCN(S(=O)(=O)c3cccs3)C[C@@H]2CO)cc1.Cn1cnc(CCl)c1.Cn1cnc(COC[C@H]2CN(S(=O)(=O)c3cccs3)CCN2c2ccc(C(C)(C)O)cc2)c1.[H-].[Na+]. The number of nitrogens with zero attached hydrogens (tertiary/aromatic N) is 8. The topological polar surface area (TPSA) is 196 Å². The number of hydrogen-bond donors (Lipinski definition) is 3. The molecule has 0 unspecified atom stereocenters. The van der Waals surface area contributed by atoms with Crippen molar-refractivity contribution >= 4 is 65.7 Å². The minimum Gasteiger partial charge on any atom is -1.00 e. The normalized spacial score (nSPS) is 17.9. The molecule has 3 saturated heterocycles. The van der Waals surface area contributed by atoms with Crippen LogP contribution in [0.1, 0.15) is 64.5 Å². The van der Waals surface area contributed by atoms with Gasteiger partial charge in [0.05, 0.1) is 73.0 Å². The van der Waals surface area contributed by atoms with Crippen molar-refractivity contribution in [3.63, 3.8) is 0 Å². The number of hydrogen-bond acceptors (Lipinski definition) is 15. The molecule has 23 heteroatoms. The molecule has 7 heterocycles. The Morgan fingerprint density at radius 1 is 0.699 bits per heavy atom. The average molecular weight is 1110 g/mol. The molecule has 2 aromatic carbocycles. The molecule has 3 aliphatic rings.